The van der Waals surface area contributed by atoms with E-state index in [-0.39, 0.29) is 5.91 Å². The van der Waals surface area contributed by atoms with Gasteiger partial charge in [-0.3, -0.25) is 4.79 Å². The van der Waals surface area contributed by atoms with Crippen LogP contribution in [0, 0.1) is 13.8 Å². The van der Waals surface area contributed by atoms with Crippen molar-refractivity contribution in [3.05, 3.63) is 64.7 Å². The molecule has 1 aliphatic rings. The molecule has 1 amide bonds. The molecule has 0 aliphatic carbocycles. The van der Waals surface area contributed by atoms with Gasteiger partial charge >= 0.3 is 0 Å². The van der Waals surface area contributed by atoms with Crippen LogP contribution in [0.1, 0.15) is 29.2 Å². The van der Waals surface area contributed by atoms with Crippen LogP contribution in [0.3, 0.4) is 0 Å². The number of aliphatic hydroxyl groups is 1. The minimum absolute atomic E-state index is 0.264. The molecule has 1 aliphatic heterocycles. The molecule has 0 bridgehead atoms. The van der Waals surface area contributed by atoms with Gasteiger partial charge in [0.25, 0.3) is 5.91 Å². The van der Waals surface area contributed by atoms with E-state index < -0.39 is 5.60 Å². The van der Waals surface area contributed by atoms with Crippen LogP contribution in [0.25, 0.3) is 0 Å². The molecule has 3 rings (SSSR count). The minimum atomic E-state index is -1.58. The van der Waals surface area contributed by atoms with Crippen LogP contribution in [0.15, 0.2) is 42.5 Å². The highest BCUT2D eigenvalue weighted by Gasteiger charge is 2.51. The highest BCUT2D eigenvalue weighted by atomic mass is 16.3. The summed E-state index contributed by atoms with van der Waals surface area (Å²) in [7, 11) is 0. The zero-order valence-corrected chi connectivity index (χ0v) is 12.6. The van der Waals surface area contributed by atoms with Gasteiger partial charge < -0.3 is 10.0 Å². The van der Waals surface area contributed by atoms with Crippen LogP contribution in [0.4, 0.5) is 5.69 Å². The second-order valence-electron chi connectivity index (χ2n) is 5.60. The van der Waals surface area contributed by atoms with E-state index >= 15 is 0 Å². The van der Waals surface area contributed by atoms with Gasteiger partial charge in [0.15, 0.2) is 5.60 Å². The highest BCUT2D eigenvalue weighted by Crippen LogP contribution is 2.46. The van der Waals surface area contributed by atoms with E-state index in [1.807, 2.05) is 51.1 Å². The van der Waals surface area contributed by atoms with Crippen molar-refractivity contribution in [2.24, 2.45) is 0 Å². The maximum atomic E-state index is 12.9. The first-order chi connectivity index (χ1) is 10.00. The number of fused-ring (bicyclic) bond motifs is 1. The Labute approximate surface area is 124 Å². The molecule has 2 aromatic carbocycles. The van der Waals surface area contributed by atoms with E-state index in [1.54, 1.807) is 17.0 Å². The molecule has 108 valence electrons. The lowest BCUT2D eigenvalue weighted by atomic mass is 9.84. The fourth-order valence-corrected chi connectivity index (χ4v) is 3.30. The summed E-state index contributed by atoms with van der Waals surface area (Å²) >= 11 is 0. The van der Waals surface area contributed by atoms with Gasteiger partial charge in [-0.25, -0.2) is 0 Å². The summed E-state index contributed by atoms with van der Waals surface area (Å²) in [5.41, 5.74) is 2.62. The molecule has 0 fully saturated rings. The normalized spacial score (nSPS) is 20.8. The Morgan fingerprint density at radius 3 is 2.43 bits per heavy atom. The van der Waals surface area contributed by atoms with Crippen molar-refractivity contribution in [1.29, 1.82) is 0 Å². The number of carbonyl (C=O) groups excluding carboxylic acids is 1. The SMILES string of the molecule is CCN1C(=O)C(O)(c2ccccc2)c2c(C)cc(C)cc21. The molecule has 3 heteroatoms. The molecule has 0 radical (unpaired) electrons. The molecule has 1 N–H and O–H groups in total. The van der Waals surface area contributed by atoms with Crippen molar-refractivity contribution >= 4 is 11.6 Å². The van der Waals surface area contributed by atoms with Crippen LogP contribution in [-0.4, -0.2) is 17.6 Å². The molecule has 2 aromatic rings. The molecule has 3 nitrogen and oxygen atoms in total. The predicted molar refractivity (Wildman–Crippen MR) is 83.4 cm³/mol. The first kappa shape index (κ1) is 13.8. The molecule has 1 unspecified atom stereocenters. The Bertz CT molecular complexity index is 709. The maximum absolute atomic E-state index is 12.9. The first-order valence-corrected chi connectivity index (χ1v) is 7.21. The fourth-order valence-electron chi connectivity index (χ4n) is 3.30. The molecule has 0 saturated heterocycles. The van der Waals surface area contributed by atoms with Crippen LogP contribution in [0.5, 0.6) is 0 Å². The molecule has 21 heavy (non-hydrogen) atoms. The molecule has 0 aromatic heterocycles. The average molecular weight is 281 g/mol. The molecule has 0 saturated carbocycles. The lowest BCUT2D eigenvalue weighted by molar-refractivity contribution is -0.132. The number of benzene rings is 2. The van der Waals surface area contributed by atoms with Gasteiger partial charge in [-0.1, -0.05) is 36.4 Å². The van der Waals surface area contributed by atoms with Crippen LogP contribution < -0.4 is 4.90 Å². The van der Waals surface area contributed by atoms with E-state index in [2.05, 4.69) is 0 Å². The molecule has 0 spiro atoms. The number of nitrogens with zero attached hydrogens (tertiary/aromatic N) is 1. The number of amides is 1. The van der Waals surface area contributed by atoms with Gasteiger partial charge in [0.1, 0.15) is 0 Å². The third kappa shape index (κ3) is 1.81. The Hall–Kier alpha value is -2.13. The summed E-state index contributed by atoms with van der Waals surface area (Å²) in [5.74, 6) is -0.264. The number of hydrogen-bond acceptors (Lipinski definition) is 2. The van der Waals surface area contributed by atoms with Crippen molar-refractivity contribution in [3.8, 4) is 0 Å². The Morgan fingerprint density at radius 1 is 1.14 bits per heavy atom. The van der Waals surface area contributed by atoms with Crippen LogP contribution in [0.2, 0.25) is 0 Å². The topological polar surface area (TPSA) is 40.5 Å². The summed E-state index contributed by atoms with van der Waals surface area (Å²) < 4.78 is 0. The number of anilines is 1. The van der Waals surface area contributed by atoms with Crippen molar-refractivity contribution in [2.75, 3.05) is 11.4 Å². The molecular weight excluding hydrogens is 262 g/mol. The summed E-state index contributed by atoms with van der Waals surface area (Å²) in [5, 5.41) is 11.3. The molecule has 1 heterocycles. The monoisotopic (exact) mass is 281 g/mol. The van der Waals surface area contributed by atoms with Gasteiger partial charge in [0.2, 0.25) is 0 Å². The molecular formula is C18H19NO2. The van der Waals surface area contributed by atoms with E-state index in [0.717, 1.165) is 16.8 Å². The summed E-state index contributed by atoms with van der Waals surface area (Å²) in [6, 6.07) is 13.2. The Kier molecular flexibility index (Phi) is 3.10. The zero-order valence-electron chi connectivity index (χ0n) is 12.6. The average Bonchev–Trinajstić information content (AvgIpc) is 2.69. The zero-order chi connectivity index (χ0) is 15.2. The van der Waals surface area contributed by atoms with E-state index in [4.69, 9.17) is 0 Å². The lowest BCUT2D eigenvalue weighted by Gasteiger charge is -2.24. The highest BCUT2D eigenvalue weighted by molar-refractivity contribution is 6.09. The fraction of sp³-hybridized carbons (Fsp3) is 0.278. The van der Waals surface area contributed by atoms with Crippen molar-refractivity contribution < 1.29 is 9.90 Å². The number of likely N-dealkylation sites (N-methyl/N-ethyl adjacent to an activating group) is 1. The number of hydrogen-bond donors (Lipinski definition) is 1. The standard InChI is InChI=1S/C18H19NO2/c1-4-19-15-11-12(2)10-13(3)16(15)18(21,17(19)20)14-8-6-5-7-9-14/h5-11,21H,4H2,1-3H3. The Morgan fingerprint density at radius 2 is 1.81 bits per heavy atom. The summed E-state index contributed by atoms with van der Waals surface area (Å²) in [6.45, 7) is 6.43. The smallest absolute Gasteiger partial charge is 0.268 e. The number of rotatable bonds is 2. The van der Waals surface area contributed by atoms with Crippen molar-refractivity contribution in [2.45, 2.75) is 26.4 Å². The number of aryl methyl sites for hydroxylation is 2. The third-order valence-electron chi connectivity index (χ3n) is 4.17. The van der Waals surface area contributed by atoms with Gasteiger partial charge in [-0.2, -0.15) is 0 Å². The third-order valence-corrected chi connectivity index (χ3v) is 4.17. The second kappa shape index (κ2) is 4.71. The van der Waals surface area contributed by atoms with E-state index in [1.165, 1.54) is 0 Å². The minimum Gasteiger partial charge on any atom is -0.372 e. The first-order valence-electron chi connectivity index (χ1n) is 7.21. The molecule has 1 atom stereocenters. The summed E-state index contributed by atoms with van der Waals surface area (Å²) in [4.78, 5) is 14.5. The van der Waals surface area contributed by atoms with Gasteiger partial charge in [0.05, 0.1) is 5.69 Å². The second-order valence-corrected chi connectivity index (χ2v) is 5.60. The van der Waals surface area contributed by atoms with Crippen molar-refractivity contribution in [3.63, 3.8) is 0 Å². The van der Waals surface area contributed by atoms with Crippen molar-refractivity contribution in [1.82, 2.24) is 0 Å². The number of carbonyl (C=O) groups is 1. The van der Waals surface area contributed by atoms with Gasteiger partial charge in [-0.15, -0.1) is 0 Å². The lowest BCUT2D eigenvalue weighted by Crippen LogP contribution is -2.41. The van der Waals surface area contributed by atoms with Gasteiger partial charge in [-0.05, 0) is 43.5 Å². The van der Waals surface area contributed by atoms with Crippen LogP contribution >= 0.6 is 0 Å². The largest absolute Gasteiger partial charge is 0.372 e. The van der Waals surface area contributed by atoms with E-state index in [0.29, 0.717) is 17.7 Å². The maximum Gasteiger partial charge on any atom is 0.268 e. The van der Waals surface area contributed by atoms with Gasteiger partial charge in [0, 0.05) is 12.1 Å². The quantitative estimate of drug-likeness (QED) is 0.919. The van der Waals surface area contributed by atoms with E-state index in [9.17, 15) is 9.90 Å². The van der Waals surface area contributed by atoms with Crippen LogP contribution in [-0.2, 0) is 10.4 Å². The Balaban J connectivity index is 2.33. The summed E-state index contributed by atoms with van der Waals surface area (Å²) in [6.07, 6.45) is 0. The predicted octanol–water partition coefficient (Wildman–Crippen LogP) is 2.91.